The van der Waals surface area contributed by atoms with Gasteiger partial charge in [0.25, 0.3) is 5.91 Å². The smallest absolute Gasteiger partial charge is 0.265 e. The van der Waals surface area contributed by atoms with Crippen molar-refractivity contribution in [2.45, 2.75) is 26.9 Å². The summed E-state index contributed by atoms with van der Waals surface area (Å²) in [5.41, 5.74) is 5.32. The number of amides is 1. The third kappa shape index (κ3) is 3.99. The first kappa shape index (κ1) is 18.7. The molecule has 0 aliphatic rings. The SMILES string of the molecule is Cc1ccc(C)c(OC(C)C(=O)Nc2ccccc2-c2cn3ccccc3n2)c1. The van der Waals surface area contributed by atoms with Crippen molar-refractivity contribution in [2.75, 3.05) is 5.32 Å². The summed E-state index contributed by atoms with van der Waals surface area (Å²) in [6, 6.07) is 19.5. The number of carbonyl (C=O) groups excluding carboxylic acids is 1. The molecule has 29 heavy (non-hydrogen) atoms. The van der Waals surface area contributed by atoms with Crippen molar-refractivity contribution in [3.05, 3.63) is 84.2 Å². The molecule has 0 saturated heterocycles. The molecule has 2 aromatic carbocycles. The van der Waals surface area contributed by atoms with E-state index in [2.05, 4.69) is 10.3 Å². The molecule has 0 aliphatic heterocycles. The fourth-order valence-electron chi connectivity index (χ4n) is 3.19. The summed E-state index contributed by atoms with van der Waals surface area (Å²) in [6.07, 6.45) is 3.27. The molecule has 1 N–H and O–H groups in total. The Hall–Kier alpha value is -3.60. The number of nitrogens with zero attached hydrogens (tertiary/aromatic N) is 2. The summed E-state index contributed by atoms with van der Waals surface area (Å²) in [6.45, 7) is 5.73. The summed E-state index contributed by atoms with van der Waals surface area (Å²) in [7, 11) is 0. The number of fused-ring (bicyclic) bond motifs is 1. The quantitative estimate of drug-likeness (QED) is 0.525. The number of aromatic nitrogens is 2. The molecule has 0 bridgehead atoms. The standard InChI is InChI=1S/C24H23N3O2/c1-16-11-12-17(2)22(14-16)29-18(3)24(28)26-20-9-5-4-8-19(20)21-15-27-13-7-6-10-23(27)25-21/h4-15,18H,1-3H3,(H,26,28). The van der Waals surface area contributed by atoms with Crippen molar-refractivity contribution >= 4 is 17.2 Å². The zero-order valence-corrected chi connectivity index (χ0v) is 16.7. The van der Waals surface area contributed by atoms with Gasteiger partial charge < -0.3 is 14.5 Å². The molecule has 0 aliphatic carbocycles. The Labute approximate surface area is 170 Å². The van der Waals surface area contributed by atoms with E-state index in [1.54, 1.807) is 6.92 Å². The van der Waals surface area contributed by atoms with E-state index in [0.717, 1.165) is 33.8 Å². The van der Waals surface area contributed by atoms with Gasteiger partial charge in [0.1, 0.15) is 11.4 Å². The highest BCUT2D eigenvalue weighted by molar-refractivity contribution is 5.97. The van der Waals surface area contributed by atoms with Crippen molar-refractivity contribution in [3.8, 4) is 17.0 Å². The predicted octanol–water partition coefficient (Wildman–Crippen LogP) is 5.02. The summed E-state index contributed by atoms with van der Waals surface area (Å²) in [4.78, 5) is 17.5. The highest BCUT2D eigenvalue weighted by Gasteiger charge is 2.18. The zero-order chi connectivity index (χ0) is 20.4. The van der Waals surface area contributed by atoms with Gasteiger partial charge in [0.2, 0.25) is 0 Å². The minimum absolute atomic E-state index is 0.206. The Kier molecular flexibility index (Phi) is 5.04. The van der Waals surface area contributed by atoms with Crippen molar-refractivity contribution in [1.82, 2.24) is 9.38 Å². The highest BCUT2D eigenvalue weighted by atomic mass is 16.5. The van der Waals surface area contributed by atoms with Gasteiger partial charge in [-0.25, -0.2) is 4.98 Å². The maximum atomic E-state index is 12.8. The Bertz CT molecular complexity index is 1150. The Morgan fingerprint density at radius 1 is 1.07 bits per heavy atom. The molecule has 5 nitrogen and oxygen atoms in total. The second-order valence-corrected chi connectivity index (χ2v) is 7.16. The van der Waals surface area contributed by atoms with E-state index in [1.807, 2.05) is 91.3 Å². The first-order valence-electron chi connectivity index (χ1n) is 9.59. The maximum absolute atomic E-state index is 12.8. The Balaban J connectivity index is 1.56. The topological polar surface area (TPSA) is 55.6 Å². The van der Waals surface area contributed by atoms with Gasteiger partial charge in [0.05, 0.1) is 11.4 Å². The lowest BCUT2D eigenvalue weighted by molar-refractivity contribution is -0.122. The average Bonchev–Trinajstić information content (AvgIpc) is 3.15. The first-order chi connectivity index (χ1) is 14.0. The number of hydrogen-bond donors (Lipinski definition) is 1. The minimum Gasteiger partial charge on any atom is -0.481 e. The molecule has 1 amide bonds. The molecule has 146 valence electrons. The largest absolute Gasteiger partial charge is 0.481 e. The number of carbonyl (C=O) groups is 1. The predicted molar refractivity (Wildman–Crippen MR) is 115 cm³/mol. The number of imidazole rings is 1. The van der Waals surface area contributed by atoms with Crippen LogP contribution in [0.3, 0.4) is 0 Å². The Morgan fingerprint density at radius 2 is 1.86 bits per heavy atom. The van der Waals surface area contributed by atoms with Crippen molar-refractivity contribution in [3.63, 3.8) is 0 Å². The maximum Gasteiger partial charge on any atom is 0.265 e. The summed E-state index contributed by atoms with van der Waals surface area (Å²) in [5.74, 6) is 0.517. The average molecular weight is 385 g/mol. The van der Waals surface area contributed by atoms with Crippen LogP contribution in [0.5, 0.6) is 5.75 Å². The molecule has 0 radical (unpaired) electrons. The van der Waals surface area contributed by atoms with Crippen LogP contribution in [0.1, 0.15) is 18.1 Å². The van der Waals surface area contributed by atoms with E-state index in [0.29, 0.717) is 5.69 Å². The van der Waals surface area contributed by atoms with E-state index in [9.17, 15) is 4.79 Å². The van der Waals surface area contributed by atoms with Gasteiger partial charge in [0, 0.05) is 18.0 Å². The fourth-order valence-corrected chi connectivity index (χ4v) is 3.19. The molecule has 0 saturated carbocycles. The number of anilines is 1. The number of nitrogens with one attached hydrogen (secondary N) is 1. The molecule has 0 fully saturated rings. The number of aryl methyl sites for hydroxylation is 2. The summed E-state index contributed by atoms with van der Waals surface area (Å²) >= 11 is 0. The van der Waals surface area contributed by atoms with E-state index >= 15 is 0 Å². The lowest BCUT2D eigenvalue weighted by Crippen LogP contribution is -2.30. The van der Waals surface area contributed by atoms with Gasteiger partial charge in [-0.2, -0.15) is 0 Å². The minimum atomic E-state index is -0.635. The molecule has 4 aromatic rings. The molecular formula is C24H23N3O2. The molecule has 5 heteroatoms. The lowest BCUT2D eigenvalue weighted by atomic mass is 10.1. The first-order valence-corrected chi connectivity index (χ1v) is 9.59. The highest BCUT2D eigenvalue weighted by Crippen LogP contribution is 2.28. The van der Waals surface area contributed by atoms with Crippen LogP contribution in [0.4, 0.5) is 5.69 Å². The Morgan fingerprint density at radius 3 is 2.69 bits per heavy atom. The van der Waals surface area contributed by atoms with Crippen molar-refractivity contribution < 1.29 is 9.53 Å². The molecule has 0 spiro atoms. The van der Waals surface area contributed by atoms with Gasteiger partial charge in [0.15, 0.2) is 6.10 Å². The van der Waals surface area contributed by atoms with Gasteiger partial charge in [-0.05, 0) is 56.2 Å². The number of rotatable bonds is 5. The molecule has 1 unspecified atom stereocenters. The van der Waals surface area contributed by atoms with E-state index < -0.39 is 6.10 Å². The van der Waals surface area contributed by atoms with E-state index in [4.69, 9.17) is 4.74 Å². The fraction of sp³-hybridized carbons (Fsp3) is 0.167. The third-order valence-electron chi connectivity index (χ3n) is 4.84. The van der Waals surface area contributed by atoms with Crippen LogP contribution in [0.2, 0.25) is 0 Å². The number of pyridine rings is 1. The van der Waals surface area contributed by atoms with Crippen LogP contribution in [0, 0.1) is 13.8 Å². The number of ether oxygens (including phenoxy) is 1. The zero-order valence-electron chi connectivity index (χ0n) is 16.7. The molecular weight excluding hydrogens is 362 g/mol. The molecule has 1 atom stereocenters. The van der Waals surface area contributed by atoms with E-state index in [1.165, 1.54) is 0 Å². The van der Waals surface area contributed by atoms with Crippen LogP contribution in [-0.2, 0) is 4.79 Å². The van der Waals surface area contributed by atoms with Crippen LogP contribution < -0.4 is 10.1 Å². The molecule has 2 heterocycles. The van der Waals surface area contributed by atoms with Gasteiger partial charge >= 0.3 is 0 Å². The normalized spacial score (nSPS) is 12.0. The summed E-state index contributed by atoms with van der Waals surface area (Å²) in [5, 5.41) is 2.99. The van der Waals surface area contributed by atoms with Crippen molar-refractivity contribution in [2.24, 2.45) is 0 Å². The number of benzene rings is 2. The number of para-hydroxylation sites is 1. The van der Waals surface area contributed by atoms with Gasteiger partial charge in [-0.15, -0.1) is 0 Å². The monoisotopic (exact) mass is 385 g/mol. The van der Waals surface area contributed by atoms with Gasteiger partial charge in [-0.1, -0.05) is 36.4 Å². The van der Waals surface area contributed by atoms with E-state index in [-0.39, 0.29) is 5.91 Å². The van der Waals surface area contributed by atoms with Gasteiger partial charge in [-0.3, -0.25) is 4.79 Å². The van der Waals surface area contributed by atoms with Crippen LogP contribution in [0.25, 0.3) is 16.9 Å². The lowest BCUT2D eigenvalue weighted by Gasteiger charge is -2.17. The second kappa shape index (κ2) is 7.80. The van der Waals surface area contributed by atoms with Crippen LogP contribution in [-0.4, -0.2) is 21.4 Å². The molecule has 2 aromatic heterocycles. The summed E-state index contributed by atoms with van der Waals surface area (Å²) < 4.78 is 7.88. The third-order valence-corrected chi connectivity index (χ3v) is 4.84. The van der Waals surface area contributed by atoms with Crippen LogP contribution in [0.15, 0.2) is 73.1 Å². The molecule has 4 rings (SSSR count). The van der Waals surface area contributed by atoms with Crippen molar-refractivity contribution in [1.29, 1.82) is 0 Å². The second-order valence-electron chi connectivity index (χ2n) is 7.16. The number of hydrogen-bond acceptors (Lipinski definition) is 3. The van der Waals surface area contributed by atoms with Crippen LogP contribution >= 0.6 is 0 Å².